The summed E-state index contributed by atoms with van der Waals surface area (Å²) in [6.45, 7) is 7.55. The van der Waals surface area contributed by atoms with Gasteiger partial charge in [0.15, 0.2) is 0 Å². The van der Waals surface area contributed by atoms with Crippen LogP contribution in [0.4, 0.5) is 0 Å². The molecule has 136 valence electrons. The summed E-state index contributed by atoms with van der Waals surface area (Å²) in [5.41, 5.74) is 0.580. The van der Waals surface area contributed by atoms with Gasteiger partial charge in [-0.2, -0.15) is 0 Å². The van der Waals surface area contributed by atoms with E-state index in [1.54, 1.807) is 12.3 Å². The van der Waals surface area contributed by atoms with Crippen molar-refractivity contribution in [3.05, 3.63) is 30.1 Å². The molecule has 0 aromatic carbocycles. The van der Waals surface area contributed by atoms with Gasteiger partial charge in [-0.3, -0.25) is 14.6 Å². The maximum Gasteiger partial charge on any atom is 0.272 e. The van der Waals surface area contributed by atoms with Crippen LogP contribution in [0.3, 0.4) is 0 Å². The zero-order valence-electron chi connectivity index (χ0n) is 15.4. The molecular formula is C20H29N3O2. The van der Waals surface area contributed by atoms with Crippen LogP contribution in [0.2, 0.25) is 0 Å². The van der Waals surface area contributed by atoms with Gasteiger partial charge in [0.25, 0.3) is 5.91 Å². The summed E-state index contributed by atoms with van der Waals surface area (Å²) in [6, 6.07) is 5.46. The molecule has 0 N–H and O–H groups in total. The van der Waals surface area contributed by atoms with Crippen molar-refractivity contribution in [2.75, 3.05) is 26.2 Å². The fourth-order valence-corrected chi connectivity index (χ4v) is 4.09. The highest BCUT2D eigenvalue weighted by atomic mass is 16.2. The Balaban J connectivity index is 1.69. The lowest BCUT2D eigenvalue weighted by Crippen LogP contribution is -2.55. The van der Waals surface area contributed by atoms with Gasteiger partial charge in [-0.05, 0) is 43.7 Å². The molecule has 3 heterocycles. The van der Waals surface area contributed by atoms with Crippen LogP contribution in [0.15, 0.2) is 24.4 Å². The number of likely N-dealkylation sites (tertiary alicyclic amines) is 2. The normalized spacial score (nSPS) is 24.2. The maximum atomic E-state index is 12.8. The van der Waals surface area contributed by atoms with E-state index in [0.717, 1.165) is 51.9 Å². The van der Waals surface area contributed by atoms with E-state index >= 15 is 0 Å². The molecule has 5 heteroatoms. The van der Waals surface area contributed by atoms with E-state index in [1.807, 2.05) is 21.9 Å². The van der Waals surface area contributed by atoms with Crippen molar-refractivity contribution in [2.45, 2.75) is 46.0 Å². The van der Waals surface area contributed by atoms with Gasteiger partial charge in [-0.1, -0.05) is 19.9 Å². The molecule has 2 saturated heterocycles. The van der Waals surface area contributed by atoms with Gasteiger partial charge in [0, 0.05) is 44.2 Å². The number of hydrogen-bond donors (Lipinski definition) is 0. The molecule has 0 saturated carbocycles. The molecule has 0 bridgehead atoms. The Bertz CT molecular complexity index is 617. The number of carbonyl (C=O) groups excluding carboxylic acids is 2. The molecule has 1 aromatic heterocycles. The van der Waals surface area contributed by atoms with E-state index in [9.17, 15) is 9.59 Å². The number of pyridine rings is 1. The Kier molecular flexibility index (Phi) is 5.40. The topological polar surface area (TPSA) is 53.5 Å². The summed E-state index contributed by atoms with van der Waals surface area (Å²) in [4.78, 5) is 33.3. The molecular weight excluding hydrogens is 314 g/mol. The van der Waals surface area contributed by atoms with Crippen molar-refractivity contribution in [1.82, 2.24) is 14.8 Å². The SMILES string of the molecule is CC(C)CCN1C[C@@]2(CCCN(C(=O)c3ccccn3)C2)CCC1=O. The molecule has 0 radical (unpaired) electrons. The van der Waals surface area contributed by atoms with Gasteiger partial charge in [0.2, 0.25) is 5.91 Å². The van der Waals surface area contributed by atoms with Crippen molar-refractivity contribution in [2.24, 2.45) is 11.3 Å². The third-order valence-corrected chi connectivity index (χ3v) is 5.56. The van der Waals surface area contributed by atoms with E-state index in [1.165, 1.54) is 0 Å². The molecule has 25 heavy (non-hydrogen) atoms. The highest BCUT2D eigenvalue weighted by Crippen LogP contribution is 2.39. The first-order valence-electron chi connectivity index (χ1n) is 9.47. The van der Waals surface area contributed by atoms with Crippen LogP contribution < -0.4 is 0 Å². The molecule has 1 atom stereocenters. The second-order valence-corrected chi connectivity index (χ2v) is 8.04. The highest BCUT2D eigenvalue weighted by Gasteiger charge is 2.42. The lowest BCUT2D eigenvalue weighted by molar-refractivity contribution is -0.139. The number of rotatable bonds is 4. The number of hydrogen-bond acceptors (Lipinski definition) is 3. The van der Waals surface area contributed by atoms with Gasteiger partial charge in [0.1, 0.15) is 5.69 Å². The zero-order chi connectivity index (χ0) is 17.9. The quantitative estimate of drug-likeness (QED) is 0.844. The molecule has 0 aliphatic carbocycles. The summed E-state index contributed by atoms with van der Waals surface area (Å²) >= 11 is 0. The second-order valence-electron chi connectivity index (χ2n) is 8.04. The summed E-state index contributed by atoms with van der Waals surface area (Å²) in [7, 11) is 0. The van der Waals surface area contributed by atoms with Crippen LogP contribution >= 0.6 is 0 Å². The highest BCUT2D eigenvalue weighted by molar-refractivity contribution is 5.92. The monoisotopic (exact) mass is 343 g/mol. The third-order valence-electron chi connectivity index (χ3n) is 5.56. The molecule has 2 fully saturated rings. The first-order chi connectivity index (χ1) is 12.0. The summed E-state index contributed by atoms with van der Waals surface area (Å²) in [6.07, 6.45) is 6.33. The number of carbonyl (C=O) groups is 2. The van der Waals surface area contributed by atoms with E-state index in [-0.39, 0.29) is 17.2 Å². The van der Waals surface area contributed by atoms with Gasteiger partial charge < -0.3 is 9.80 Å². The number of aromatic nitrogens is 1. The van der Waals surface area contributed by atoms with E-state index in [0.29, 0.717) is 18.0 Å². The third kappa shape index (κ3) is 4.20. The minimum Gasteiger partial charge on any atom is -0.342 e. The molecule has 2 aliphatic rings. The van der Waals surface area contributed by atoms with E-state index in [4.69, 9.17) is 0 Å². The fourth-order valence-electron chi connectivity index (χ4n) is 4.09. The molecule has 0 unspecified atom stereocenters. The maximum absolute atomic E-state index is 12.8. The van der Waals surface area contributed by atoms with Crippen LogP contribution in [-0.2, 0) is 4.79 Å². The molecule has 2 aliphatic heterocycles. The van der Waals surface area contributed by atoms with Crippen LogP contribution in [0.5, 0.6) is 0 Å². The van der Waals surface area contributed by atoms with Crippen LogP contribution in [-0.4, -0.2) is 52.8 Å². The molecule has 5 nitrogen and oxygen atoms in total. The molecule has 1 aromatic rings. The van der Waals surface area contributed by atoms with Gasteiger partial charge >= 0.3 is 0 Å². The van der Waals surface area contributed by atoms with Crippen LogP contribution in [0, 0.1) is 11.3 Å². The lowest BCUT2D eigenvalue weighted by Gasteiger charge is -2.48. The predicted octanol–water partition coefficient (Wildman–Crippen LogP) is 2.97. The second kappa shape index (κ2) is 7.54. The van der Waals surface area contributed by atoms with E-state index < -0.39 is 0 Å². The Morgan fingerprint density at radius 2 is 2.12 bits per heavy atom. The Hall–Kier alpha value is -1.91. The number of amides is 2. The zero-order valence-corrected chi connectivity index (χ0v) is 15.4. The first-order valence-corrected chi connectivity index (χ1v) is 9.47. The Morgan fingerprint density at radius 3 is 2.84 bits per heavy atom. The average Bonchev–Trinajstić information content (AvgIpc) is 2.63. The number of piperidine rings is 2. The van der Waals surface area contributed by atoms with Gasteiger partial charge in [0.05, 0.1) is 0 Å². The molecule has 2 amide bonds. The predicted molar refractivity (Wildman–Crippen MR) is 97.1 cm³/mol. The Labute approximate surface area is 150 Å². The fraction of sp³-hybridized carbons (Fsp3) is 0.650. The Morgan fingerprint density at radius 1 is 1.28 bits per heavy atom. The standard InChI is InChI=1S/C20H29N3O2/c1-16(2)8-13-22-14-20(10-7-18(22)24)9-5-12-23(15-20)19(25)17-6-3-4-11-21-17/h3-4,6,11,16H,5,7-10,12-15H2,1-2H3/t20-/m1/s1. The van der Waals surface area contributed by atoms with Crippen molar-refractivity contribution < 1.29 is 9.59 Å². The van der Waals surface area contributed by atoms with Crippen LogP contribution in [0.1, 0.15) is 56.4 Å². The molecule has 1 spiro atoms. The van der Waals surface area contributed by atoms with Crippen molar-refractivity contribution in [3.63, 3.8) is 0 Å². The van der Waals surface area contributed by atoms with Crippen molar-refractivity contribution in [1.29, 1.82) is 0 Å². The van der Waals surface area contributed by atoms with Crippen molar-refractivity contribution >= 4 is 11.8 Å². The average molecular weight is 343 g/mol. The summed E-state index contributed by atoms with van der Waals surface area (Å²) in [5.74, 6) is 0.893. The van der Waals surface area contributed by atoms with Gasteiger partial charge in [-0.15, -0.1) is 0 Å². The van der Waals surface area contributed by atoms with Crippen molar-refractivity contribution in [3.8, 4) is 0 Å². The smallest absolute Gasteiger partial charge is 0.272 e. The lowest BCUT2D eigenvalue weighted by atomic mass is 9.73. The summed E-state index contributed by atoms with van der Waals surface area (Å²) < 4.78 is 0. The first kappa shape index (κ1) is 17.9. The minimum absolute atomic E-state index is 0.0188. The number of nitrogens with zero attached hydrogens (tertiary/aromatic N) is 3. The van der Waals surface area contributed by atoms with Crippen LogP contribution in [0.25, 0.3) is 0 Å². The largest absolute Gasteiger partial charge is 0.342 e. The molecule has 3 rings (SSSR count). The minimum atomic E-state index is 0.0188. The van der Waals surface area contributed by atoms with E-state index in [2.05, 4.69) is 18.8 Å². The van der Waals surface area contributed by atoms with Gasteiger partial charge in [-0.25, -0.2) is 0 Å². The summed E-state index contributed by atoms with van der Waals surface area (Å²) in [5, 5.41) is 0.